The molecule has 1 atom stereocenters. The van der Waals surface area contributed by atoms with Gasteiger partial charge in [0.25, 0.3) is 5.91 Å². The van der Waals surface area contributed by atoms with E-state index in [4.69, 9.17) is 5.73 Å². The largest absolute Gasteiger partial charge is 0.333 e. The van der Waals surface area contributed by atoms with Gasteiger partial charge in [-0.3, -0.25) is 4.79 Å². The fourth-order valence-corrected chi connectivity index (χ4v) is 3.93. The molecule has 0 aliphatic heterocycles. The Hall–Kier alpha value is -1.31. The van der Waals surface area contributed by atoms with Gasteiger partial charge >= 0.3 is 0 Å². The SMILES string of the molecule is Cc1nc(C)c(C(C)N(C)C(=O)c2csc(CCN)n2)s1. The highest BCUT2D eigenvalue weighted by atomic mass is 32.1. The summed E-state index contributed by atoms with van der Waals surface area (Å²) < 4.78 is 0. The highest BCUT2D eigenvalue weighted by Crippen LogP contribution is 2.29. The smallest absolute Gasteiger partial charge is 0.273 e. The minimum Gasteiger partial charge on any atom is -0.333 e. The van der Waals surface area contributed by atoms with Gasteiger partial charge in [0.05, 0.1) is 21.8 Å². The Balaban J connectivity index is 2.16. The summed E-state index contributed by atoms with van der Waals surface area (Å²) in [5.41, 5.74) is 7.00. The van der Waals surface area contributed by atoms with Gasteiger partial charge in [-0.05, 0) is 27.3 Å². The van der Waals surface area contributed by atoms with Crippen LogP contribution in [0.3, 0.4) is 0 Å². The van der Waals surface area contributed by atoms with Crippen molar-refractivity contribution in [2.45, 2.75) is 33.2 Å². The van der Waals surface area contributed by atoms with Gasteiger partial charge in [0.2, 0.25) is 0 Å². The number of nitrogens with two attached hydrogens (primary N) is 1. The van der Waals surface area contributed by atoms with Gasteiger partial charge in [-0.1, -0.05) is 0 Å². The minimum absolute atomic E-state index is 0.0108. The molecule has 114 valence electrons. The van der Waals surface area contributed by atoms with Crippen LogP contribution in [0.5, 0.6) is 0 Å². The number of amides is 1. The number of thiazole rings is 2. The van der Waals surface area contributed by atoms with Gasteiger partial charge < -0.3 is 10.6 Å². The Morgan fingerprint density at radius 3 is 2.71 bits per heavy atom. The lowest BCUT2D eigenvalue weighted by Crippen LogP contribution is -2.29. The van der Waals surface area contributed by atoms with Crippen molar-refractivity contribution in [2.75, 3.05) is 13.6 Å². The summed E-state index contributed by atoms with van der Waals surface area (Å²) in [6.45, 7) is 6.53. The second kappa shape index (κ2) is 6.64. The molecule has 1 unspecified atom stereocenters. The molecule has 1 amide bonds. The molecule has 0 aliphatic rings. The second-order valence-corrected chi connectivity index (χ2v) is 7.12. The van der Waals surface area contributed by atoms with Gasteiger partial charge in [0.15, 0.2) is 0 Å². The molecule has 0 spiro atoms. The lowest BCUT2D eigenvalue weighted by atomic mass is 10.2. The van der Waals surface area contributed by atoms with Crippen LogP contribution in [0.4, 0.5) is 0 Å². The highest BCUT2D eigenvalue weighted by molar-refractivity contribution is 7.11. The average Bonchev–Trinajstić information content (AvgIpc) is 3.03. The van der Waals surface area contributed by atoms with E-state index < -0.39 is 0 Å². The first-order valence-electron chi connectivity index (χ1n) is 6.79. The Bertz CT molecular complexity index is 635. The summed E-state index contributed by atoms with van der Waals surface area (Å²) in [7, 11) is 1.81. The zero-order valence-corrected chi connectivity index (χ0v) is 14.3. The Morgan fingerprint density at radius 2 is 2.14 bits per heavy atom. The Labute approximate surface area is 132 Å². The maximum absolute atomic E-state index is 12.5. The molecule has 2 rings (SSSR count). The Morgan fingerprint density at radius 1 is 1.43 bits per heavy atom. The molecule has 2 aromatic rings. The molecule has 0 fully saturated rings. The van der Waals surface area contributed by atoms with E-state index >= 15 is 0 Å². The molecule has 5 nitrogen and oxygen atoms in total. The summed E-state index contributed by atoms with van der Waals surface area (Å²) >= 11 is 3.12. The minimum atomic E-state index is -0.0625. The van der Waals surface area contributed by atoms with Gasteiger partial charge in [-0.15, -0.1) is 22.7 Å². The number of carbonyl (C=O) groups excluding carboxylic acids is 1. The molecule has 2 aromatic heterocycles. The summed E-state index contributed by atoms with van der Waals surface area (Å²) in [6.07, 6.45) is 0.713. The number of nitrogens with zero attached hydrogens (tertiary/aromatic N) is 3. The van der Waals surface area contributed by atoms with E-state index in [2.05, 4.69) is 9.97 Å². The number of hydrogen-bond acceptors (Lipinski definition) is 6. The number of aryl methyl sites for hydroxylation is 2. The number of carbonyl (C=O) groups is 1. The molecular weight excluding hydrogens is 304 g/mol. The lowest BCUT2D eigenvalue weighted by Gasteiger charge is -2.23. The standard InChI is InChI=1S/C14H20N4OS2/c1-8-13(21-10(3)16-8)9(2)18(4)14(19)11-7-20-12(17-11)5-6-15/h7,9H,5-6,15H2,1-4H3. The van der Waals surface area contributed by atoms with Crippen LogP contribution >= 0.6 is 22.7 Å². The molecule has 2 heterocycles. The first-order valence-corrected chi connectivity index (χ1v) is 8.49. The summed E-state index contributed by atoms with van der Waals surface area (Å²) in [5.74, 6) is -0.0625. The molecular formula is C14H20N4OS2. The van der Waals surface area contributed by atoms with Crippen LogP contribution < -0.4 is 5.73 Å². The fraction of sp³-hybridized carbons (Fsp3) is 0.500. The summed E-state index contributed by atoms with van der Waals surface area (Å²) in [6, 6.07) is -0.0108. The van der Waals surface area contributed by atoms with E-state index in [9.17, 15) is 4.79 Å². The summed E-state index contributed by atoms with van der Waals surface area (Å²) in [5, 5.41) is 3.74. The van der Waals surface area contributed by atoms with Crippen molar-refractivity contribution in [1.82, 2.24) is 14.9 Å². The lowest BCUT2D eigenvalue weighted by molar-refractivity contribution is 0.0739. The third kappa shape index (κ3) is 3.48. The monoisotopic (exact) mass is 324 g/mol. The zero-order chi connectivity index (χ0) is 15.6. The topological polar surface area (TPSA) is 72.1 Å². The fourth-order valence-electron chi connectivity index (χ4n) is 2.11. The van der Waals surface area contributed by atoms with E-state index in [1.165, 1.54) is 11.3 Å². The van der Waals surface area contributed by atoms with Crippen LogP contribution in [0.15, 0.2) is 5.38 Å². The molecule has 0 aromatic carbocycles. The van der Waals surface area contributed by atoms with E-state index in [0.29, 0.717) is 18.7 Å². The molecule has 0 saturated carbocycles. The molecule has 0 saturated heterocycles. The first-order chi connectivity index (χ1) is 9.93. The van der Waals surface area contributed by atoms with Crippen molar-refractivity contribution in [3.8, 4) is 0 Å². The van der Waals surface area contributed by atoms with Crippen molar-refractivity contribution >= 4 is 28.6 Å². The van der Waals surface area contributed by atoms with Crippen LogP contribution in [0.1, 0.15) is 44.0 Å². The van der Waals surface area contributed by atoms with E-state index in [0.717, 1.165) is 20.6 Å². The van der Waals surface area contributed by atoms with Gasteiger partial charge in [-0.2, -0.15) is 0 Å². The molecule has 7 heteroatoms. The van der Waals surface area contributed by atoms with E-state index in [-0.39, 0.29) is 11.9 Å². The van der Waals surface area contributed by atoms with Crippen molar-refractivity contribution in [3.05, 3.63) is 31.7 Å². The van der Waals surface area contributed by atoms with Crippen molar-refractivity contribution in [3.63, 3.8) is 0 Å². The predicted molar refractivity (Wildman–Crippen MR) is 87.0 cm³/mol. The third-order valence-corrected chi connectivity index (χ3v) is 5.50. The maximum Gasteiger partial charge on any atom is 0.273 e. The van der Waals surface area contributed by atoms with Crippen molar-refractivity contribution in [2.24, 2.45) is 5.73 Å². The molecule has 2 N–H and O–H groups in total. The number of hydrogen-bond donors (Lipinski definition) is 1. The van der Waals surface area contributed by atoms with Crippen molar-refractivity contribution < 1.29 is 4.79 Å². The molecule has 0 bridgehead atoms. The Kier molecular flexibility index (Phi) is 5.08. The van der Waals surface area contributed by atoms with Crippen LogP contribution in [-0.2, 0) is 6.42 Å². The van der Waals surface area contributed by atoms with Crippen LogP contribution in [0.2, 0.25) is 0 Å². The maximum atomic E-state index is 12.5. The molecule has 21 heavy (non-hydrogen) atoms. The highest BCUT2D eigenvalue weighted by Gasteiger charge is 2.24. The van der Waals surface area contributed by atoms with Gasteiger partial charge in [0, 0.05) is 23.7 Å². The average molecular weight is 324 g/mol. The molecule has 0 radical (unpaired) electrons. The van der Waals surface area contributed by atoms with Gasteiger partial charge in [-0.25, -0.2) is 9.97 Å². The second-order valence-electron chi connectivity index (χ2n) is 4.94. The van der Waals surface area contributed by atoms with Crippen LogP contribution in [0, 0.1) is 13.8 Å². The van der Waals surface area contributed by atoms with Crippen LogP contribution in [-0.4, -0.2) is 34.4 Å². The quantitative estimate of drug-likeness (QED) is 0.917. The van der Waals surface area contributed by atoms with E-state index in [1.54, 1.807) is 21.6 Å². The normalized spacial score (nSPS) is 12.4. The van der Waals surface area contributed by atoms with Crippen LogP contribution in [0.25, 0.3) is 0 Å². The zero-order valence-electron chi connectivity index (χ0n) is 12.7. The van der Waals surface area contributed by atoms with E-state index in [1.807, 2.05) is 27.8 Å². The number of rotatable bonds is 5. The summed E-state index contributed by atoms with van der Waals surface area (Å²) in [4.78, 5) is 24.2. The number of aromatic nitrogens is 2. The molecule has 0 aliphatic carbocycles. The predicted octanol–water partition coefficient (Wildman–Crippen LogP) is 2.55. The van der Waals surface area contributed by atoms with Gasteiger partial charge in [0.1, 0.15) is 5.69 Å². The third-order valence-electron chi connectivity index (χ3n) is 3.35. The van der Waals surface area contributed by atoms with Crippen molar-refractivity contribution in [1.29, 1.82) is 0 Å². The first kappa shape index (κ1) is 16.1.